The zero-order valence-corrected chi connectivity index (χ0v) is 12.8. The van der Waals surface area contributed by atoms with Gasteiger partial charge in [-0.05, 0) is 33.6 Å². The van der Waals surface area contributed by atoms with Crippen LogP contribution >= 0.6 is 15.9 Å². The lowest BCUT2D eigenvalue weighted by atomic mass is 10.2. The van der Waals surface area contributed by atoms with Crippen molar-refractivity contribution < 1.29 is 14.3 Å². The number of hydrogen-bond acceptors (Lipinski definition) is 5. The number of benzene rings is 1. The maximum Gasteiger partial charge on any atom is 0.225 e. The van der Waals surface area contributed by atoms with E-state index in [-0.39, 0.29) is 18.2 Å². The molecule has 0 saturated carbocycles. The summed E-state index contributed by atoms with van der Waals surface area (Å²) in [7, 11) is 3.09. The van der Waals surface area contributed by atoms with Gasteiger partial charge in [-0.2, -0.15) is 4.98 Å². The Morgan fingerprint density at radius 3 is 2.60 bits per heavy atom. The highest BCUT2D eigenvalue weighted by atomic mass is 79.9. The monoisotopic (exact) mass is 339 g/mol. The van der Waals surface area contributed by atoms with Gasteiger partial charge in [0.05, 0.1) is 13.7 Å². The second kappa shape index (κ2) is 6.62. The van der Waals surface area contributed by atoms with Crippen LogP contribution in [-0.2, 0) is 11.3 Å². The predicted octanol–water partition coefficient (Wildman–Crippen LogP) is 1.93. The molecule has 0 atom stereocenters. The molecule has 0 amide bonds. The molecule has 0 unspecified atom stereocenters. The van der Waals surface area contributed by atoms with Crippen LogP contribution in [0.15, 0.2) is 29.0 Å². The third-order valence-electron chi connectivity index (χ3n) is 2.66. The summed E-state index contributed by atoms with van der Waals surface area (Å²) in [4.78, 5) is 16.0. The van der Waals surface area contributed by atoms with Gasteiger partial charge >= 0.3 is 0 Å². The normalized spacial score (nSPS) is 10.6. The highest BCUT2D eigenvalue weighted by Gasteiger charge is 2.16. The van der Waals surface area contributed by atoms with E-state index in [4.69, 9.17) is 9.47 Å². The molecule has 1 heterocycles. The highest BCUT2D eigenvalue weighted by molar-refractivity contribution is 9.10. The molecule has 7 heteroatoms. The minimum atomic E-state index is -0.209. The summed E-state index contributed by atoms with van der Waals surface area (Å²) in [6.07, 6.45) is 0. The third-order valence-corrected chi connectivity index (χ3v) is 3.00. The zero-order chi connectivity index (χ0) is 14.5. The van der Waals surface area contributed by atoms with Crippen LogP contribution in [0.2, 0.25) is 0 Å². The number of hydrogen-bond donors (Lipinski definition) is 0. The predicted molar refractivity (Wildman–Crippen MR) is 76.0 cm³/mol. The van der Waals surface area contributed by atoms with E-state index in [9.17, 15) is 4.79 Å². The number of ether oxygens (including phenoxy) is 2. The quantitative estimate of drug-likeness (QED) is 0.752. The summed E-state index contributed by atoms with van der Waals surface area (Å²) in [5.41, 5.74) is 0.995. The zero-order valence-electron chi connectivity index (χ0n) is 11.2. The van der Waals surface area contributed by atoms with Crippen molar-refractivity contribution in [3.8, 4) is 5.75 Å². The molecule has 2 aromatic rings. The van der Waals surface area contributed by atoms with Crippen molar-refractivity contribution in [1.29, 1.82) is 0 Å². The van der Waals surface area contributed by atoms with Gasteiger partial charge < -0.3 is 9.47 Å². The lowest BCUT2D eigenvalue weighted by Gasteiger charge is -2.06. The Balaban J connectivity index is 2.21. The van der Waals surface area contributed by atoms with Gasteiger partial charge in [-0.15, -0.1) is 5.10 Å². The molecule has 1 aromatic carbocycles. The van der Waals surface area contributed by atoms with Crippen LogP contribution in [0.3, 0.4) is 0 Å². The number of Topliss-reactive ketones (excluding diaryl/α,β-unsaturated/α-hetero) is 1. The van der Waals surface area contributed by atoms with Crippen molar-refractivity contribution in [2.75, 3.05) is 20.8 Å². The van der Waals surface area contributed by atoms with Gasteiger partial charge in [0.25, 0.3) is 0 Å². The van der Waals surface area contributed by atoms with Crippen molar-refractivity contribution in [2.24, 2.45) is 0 Å². The Morgan fingerprint density at radius 1 is 1.30 bits per heavy atom. The number of methoxy groups -OCH3 is 2. The molecule has 20 heavy (non-hydrogen) atoms. The van der Waals surface area contributed by atoms with Gasteiger partial charge in [0.2, 0.25) is 10.5 Å². The maximum absolute atomic E-state index is 11.9. The fourth-order valence-electron chi connectivity index (χ4n) is 1.73. The summed E-state index contributed by atoms with van der Waals surface area (Å²) in [6.45, 7) is 0.432. The molecule has 0 fully saturated rings. The molecule has 2 rings (SSSR count). The lowest BCUT2D eigenvalue weighted by Crippen LogP contribution is -2.16. The Bertz CT molecular complexity index is 595. The standard InChI is InChI=1S/C13H14BrN3O3/c1-19-8-11(18)12-15-13(14)16-17(12)7-9-3-5-10(20-2)6-4-9/h3-6H,7-8H2,1-2H3. The molecule has 106 valence electrons. The van der Waals surface area contributed by atoms with Crippen LogP contribution in [0, 0.1) is 0 Å². The first kappa shape index (κ1) is 14.7. The van der Waals surface area contributed by atoms with Crippen molar-refractivity contribution in [1.82, 2.24) is 14.8 Å². The van der Waals surface area contributed by atoms with Crippen LogP contribution in [0.25, 0.3) is 0 Å². The molecule has 1 aromatic heterocycles. The van der Waals surface area contributed by atoms with Crippen molar-refractivity contribution in [3.05, 3.63) is 40.4 Å². The highest BCUT2D eigenvalue weighted by Crippen LogP contribution is 2.14. The first-order chi connectivity index (χ1) is 9.63. The van der Waals surface area contributed by atoms with E-state index in [0.29, 0.717) is 11.3 Å². The fourth-order valence-corrected chi connectivity index (χ4v) is 2.09. The van der Waals surface area contributed by atoms with Crippen molar-refractivity contribution in [3.63, 3.8) is 0 Å². The minimum absolute atomic E-state index is 0.0201. The van der Waals surface area contributed by atoms with E-state index in [1.54, 1.807) is 11.8 Å². The van der Waals surface area contributed by atoms with Crippen LogP contribution in [0.5, 0.6) is 5.75 Å². The molecule has 0 saturated heterocycles. The van der Waals surface area contributed by atoms with E-state index in [1.165, 1.54) is 7.11 Å². The Hall–Kier alpha value is -1.73. The molecular weight excluding hydrogens is 326 g/mol. The van der Waals surface area contributed by atoms with Crippen molar-refractivity contribution in [2.45, 2.75) is 6.54 Å². The Morgan fingerprint density at radius 2 is 2.00 bits per heavy atom. The molecule has 0 radical (unpaired) electrons. The van der Waals surface area contributed by atoms with E-state index < -0.39 is 0 Å². The summed E-state index contributed by atoms with van der Waals surface area (Å²) >= 11 is 3.18. The van der Waals surface area contributed by atoms with Gasteiger partial charge in [-0.3, -0.25) is 4.79 Å². The lowest BCUT2D eigenvalue weighted by molar-refractivity contribution is 0.0832. The number of carbonyl (C=O) groups is 1. The van der Waals surface area contributed by atoms with Gasteiger partial charge in [0.1, 0.15) is 12.4 Å². The van der Waals surface area contributed by atoms with Gasteiger partial charge in [0, 0.05) is 7.11 Å². The van der Waals surface area contributed by atoms with Crippen molar-refractivity contribution >= 4 is 21.7 Å². The molecule has 0 aliphatic rings. The topological polar surface area (TPSA) is 66.2 Å². The first-order valence-corrected chi connectivity index (χ1v) is 6.68. The van der Waals surface area contributed by atoms with Crippen LogP contribution < -0.4 is 4.74 Å². The van der Waals surface area contributed by atoms with E-state index in [1.807, 2.05) is 24.3 Å². The molecule has 6 nitrogen and oxygen atoms in total. The average Bonchev–Trinajstić information content (AvgIpc) is 2.81. The van der Waals surface area contributed by atoms with Crippen LogP contribution in [0.1, 0.15) is 16.2 Å². The van der Waals surface area contributed by atoms with Crippen LogP contribution in [0.4, 0.5) is 0 Å². The van der Waals surface area contributed by atoms with Crippen LogP contribution in [-0.4, -0.2) is 41.4 Å². The third kappa shape index (κ3) is 3.43. The number of aromatic nitrogens is 3. The average molecular weight is 340 g/mol. The number of ketones is 1. The van der Waals surface area contributed by atoms with Gasteiger partial charge in [0.15, 0.2) is 5.82 Å². The molecule has 0 aliphatic carbocycles. The summed E-state index contributed by atoms with van der Waals surface area (Å²) in [5, 5.41) is 4.17. The second-order valence-corrected chi connectivity index (χ2v) is 4.78. The second-order valence-electron chi connectivity index (χ2n) is 4.07. The summed E-state index contributed by atoms with van der Waals surface area (Å²) in [6, 6.07) is 7.55. The SMILES string of the molecule is COCC(=O)c1nc(Br)nn1Cc1ccc(OC)cc1. The maximum atomic E-state index is 11.9. The van der Waals surface area contributed by atoms with E-state index in [0.717, 1.165) is 11.3 Å². The molecule has 0 aliphatic heterocycles. The van der Waals surface area contributed by atoms with Gasteiger partial charge in [-0.1, -0.05) is 12.1 Å². The number of carbonyl (C=O) groups excluding carboxylic acids is 1. The Kier molecular flexibility index (Phi) is 4.86. The number of halogens is 1. The molecule has 0 spiro atoms. The summed E-state index contributed by atoms with van der Waals surface area (Å²) < 4.78 is 11.9. The molecule has 0 bridgehead atoms. The fraction of sp³-hybridized carbons (Fsp3) is 0.308. The van der Waals surface area contributed by atoms with Gasteiger partial charge in [-0.25, -0.2) is 4.68 Å². The molecular formula is C13H14BrN3O3. The largest absolute Gasteiger partial charge is 0.497 e. The molecule has 0 N–H and O–H groups in total. The van der Waals surface area contributed by atoms with E-state index >= 15 is 0 Å². The smallest absolute Gasteiger partial charge is 0.225 e. The Labute approximate surface area is 124 Å². The number of nitrogens with zero attached hydrogens (tertiary/aromatic N) is 3. The summed E-state index contributed by atoms with van der Waals surface area (Å²) in [5.74, 6) is 0.845. The van der Waals surface area contributed by atoms with E-state index in [2.05, 4.69) is 26.0 Å². The first-order valence-electron chi connectivity index (χ1n) is 5.89. The number of rotatable bonds is 6. The minimum Gasteiger partial charge on any atom is -0.497 e.